The van der Waals surface area contributed by atoms with Crippen molar-refractivity contribution in [2.45, 2.75) is 37.2 Å². The van der Waals surface area contributed by atoms with E-state index >= 15 is 0 Å². The van der Waals surface area contributed by atoms with Crippen molar-refractivity contribution in [2.75, 3.05) is 32.6 Å². The molecule has 1 heterocycles. The highest BCUT2D eigenvalue weighted by Crippen LogP contribution is 2.34. The van der Waals surface area contributed by atoms with Gasteiger partial charge in [-0.1, -0.05) is 19.1 Å². The Labute approximate surface area is 157 Å². The number of thioether (sulfide) groups is 1. The van der Waals surface area contributed by atoms with Crippen LogP contribution < -0.4 is 10.6 Å². The van der Waals surface area contributed by atoms with Gasteiger partial charge in [-0.15, -0.1) is 0 Å². The van der Waals surface area contributed by atoms with Crippen LogP contribution in [0.1, 0.15) is 30.9 Å². The zero-order chi connectivity index (χ0) is 19.0. The minimum atomic E-state index is -4.31. The lowest BCUT2D eigenvalue weighted by Gasteiger charge is -2.37. The third-order valence-electron chi connectivity index (χ3n) is 4.40. The maximum Gasteiger partial charge on any atom is 0.416 e. The summed E-state index contributed by atoms with van der Waals surface area (Å²) in [6.07, 6.45) is -2.32. The standard InChI is InChI=1S/C18H26F3N3OS/c1-3-26-17(8-10-25-11-9-17)13-24-16(22-2)23-12-14-4-6-15(7-5-14)18(19,20)21/h4-7H,3,8-13H2,1-2H3,(H2,22,23,24). The Bertz CT molecular complexity index is 579. The van der Waals surface area contributed by atoms with Crippen molar-refractivity contribution in [3.63, 3.8) is 0 Å². The Morgan fingerprint density at radius 1 is 1.19 bits per heavy atom. The van der Waals surface area contributed by atoms with Crippen molar-refractivity contribution in [3.8, 4) is 0 Å². The van der Waals surface area contributed by atoms with Crippen molar-refractivity contribution < 1.29 is 17.9 Å². The third kappa shape index (κ3) is 6.09. The molecule has 2 rings (SSSR count). The highest BCUT2D eigenvalue weighted by atomic mass is 32.2. The molecule has 1 aromatic carbocycles. The average molecular weight is 389 g/mol. The van der Waals surface area contributed by atoms with E-state index in [0.29, 0.717) is 12.5 Å². The monoisotopic (exact) mass is 389 g/mol. The lowest BCUT2D eigenvalue weighted by Crippen LogP contribution is -2.48. The number of halogens is 3. The fourth-order valence-corrected chi connectivity index (χ4v) is 4.13. The summed E-state index contributed by atoms with van der Waals surface area (Å²) in [4.78, 5) is 4.21. The Morgan fingerprint density at radius 2 is 1.85 bits per heavy atom. The van der Waals surface area contributed by atoms with Gasteiger partial charge in [0.05, 0.1) is 5.56 Å². The highest BCUT2D eigenvalue weighted by Gasteiger charge is 2.33. The molecule has 0 saturated carbocycles. The second-order valence-electron chi connectivity index (χ2n) is 6.20. The first-order chi connectivity index (χ1) is 12.4. The molecule has 0 aromatic heterocycles. The van der Waals surface area contributed by atoms with E-state index in [4.69, 9.17) is 4.74 Å². The van der Waals surface area contributed by atoms with Crippen molar-refractivity contribution in [2.24, 2.45) is 4.99 Å². The second kappa shape index (κ2) is 9.50. The van der Waals surface area contributed by atoms with E-state index in [1.165, 1.54) is 12.1 Å². The Balaban J connectivity index is 1.87. The van der Waals surface area contributed by atoms with E-state index in [9.17, 15) is 13.2 Å². The summed E-state index contributed by atoms with van der Waals surface area (Å²) in [6.45, 7) is 4.88. The van der Waals surface area contributed by atoms with Crippen LogP contribution in [0.5, 0.6) is 0 Å². The number of nitrogens with zero attached hydrogens (tertiary/aromatic N) is 1. The molecule has 0 spiro atoms. The molecule has 0 amide bonds. The summed E-state index contributed by atoms with van der Waals surface area (Å²) < 4.78 is 43.4. The number of hydrogen-bond acceptors (Lipinski definition) is 3. The average Bonchev–Trinajstić information content (AvgIpc) is 2.62. The van der Waals surface area contributed by atoms with Gasteiger partial charge in [-0.2, -0.15) is 24.9 Å². The van der Waals surface area contributed by atoms with Crippen molar-refractivity contribution in [3.05, 3.63) is 35.4 Å². The predicted octanol–water partition coefficient (Wildman–Crippen LogP) is 3.67. The molecule has 0 aliphatic carbocycles. The maximum absolute atomic E-state index is 12.6. The van der Waals surface area contributed by atoms with Crippen LogP contribution in [0.4, 0.5) is 13.2 Å². The molecule has 1 aromatic rings. The summed E-state index contributed by atoms with van der Waals surface area (Å²) >= 11 is 1.94. The SMILES string of the molecule is CCSC1(CNC(=NC)NCc2ccc(C(F)(F)F)cc2)CCOCC1. The molecule has 146 valence electrons. The van der Waals surface area contributed by atoms with Gasteiger partial charge in [0.15, 0.2) is 5.96 Å². The summed E-state index contributed by atoms with van der Waals surface area (Å²) in [5.74, 6) is 1.69. The van der Waals surface area contributed by atoms with Gasteiger partial charge >= 0.3 is 6.18 Å². The number of hydrogen-bond donors (Lipinski definition) is 2. The Hall–Kier alpha value is -1.41. The molecule has 0 atom stereocenters. The number of ether oxygens (including phenoxy) is 1. The summed E-state index contributed by atoms with van der Waals surface area (Å²) in [5.41, 5.74) is 0.131. The molecule has 1 fully saturated rings. The van der Waals surface area contributed by atoms with Crippen LogP contribution >= 0.6 is 11.8 Å². The van der Waals surface area contributed by atoms with E-state index in [1.54, 1.807) is 7.05 Å². The zero-order valence-electron chi connectivity index (χ0n) is 15.2. The van der Waals surface area contributed by atoms with Crippen LogP contribution in [0.2, 0.25) is 0 Å². The first-order valence-electron chi connectivity index (χ1n) is 8.71. The Kier molecular flexibility index (Phi) is 7.64. The van der Waals surface area contributed by atoms with Gasteiger partial charge in [0.1, 0.15) is 0 Å². The van der Waals surface area contributed by atoms with Gasteiger partial charge in [0.2, 0.25) is 0 Å². The summed E-state index contributed by atoms with van der Waals surface area (Å²) in [5, 5.41) is 6.51. The van der Waals surface area contributed by atoms with Crippen LogP contribution in [-0.4, -0.2) is 43.3 Å². The molecular weight excluding hydrogens is 363 g/mol. The zero-order valence-corrected chi connectivity index (χ0v) is 16.0. The fourth-order valence-electron chi connectivity index (χ4n) is 2.88. The van der Waals surface area contributed by atoms with Crippen LogP contribution in [0.3, 0.4) is 0 Å². The molecule has 0 unspecified atom stereocenters. The number of nitrogens with one attached hydrogen (secondary N) is 2. The predicted molar refractivity (Wildman–Crippen MR) is 101 cm³/mol. The quantitative estimate of drug-likeness (QED) is 0.576. The minimum Gasteiger partial charge on any atom is -0.381 e. The number of alkyl halides is 3. The number of rotatable bonds is 6. The molecule has 2 N–H and O–H groups in total. The van der Waals surface area contributed by atoms with Gasteiger partial charge in [0.25, 0.3) is 0 Å². The van der Waals surface area contributed by atoms with E-state index in [-0.39, 0.29) is 4.75 Å². The van der Waals surface area contributed by atoms with Crippen LogP contribution in [0.15, 0.2) is 29.3 Å². The molecule has 0 radical (unpaired) electrons. The van der Waals surface area contributed by atoms with Crippen molar-refractivity contribution in [1.82, 2.24) is 10.6 Å². The van der Waals surface area contributed by atoms with Crippen LogP contribution in [0.25, 0.3) is 0 Å². The van der Waals surface area contributed by atoms with Gasteiger partial charge < -0.3 is 15.4 Å². The van der Waals surface area contributed by atoms with E-state index in [2.05, 4.69) is 22.5 Å². The molecule has 0 bridgehead atoms. The van der Waals surface area contributed by atoms with Crippen LogP contribution in [0, 0.1) is 0 Å². The first-order valence-corrected chi connectivity index (χ1v) is 9.69. The molecule has 1 aliphatic rings. The minimum absolute atomic E-state index is 0.138. The van der Waals surface area contributed by atoms with Gasteiger partial charge in [-0.05, 0) is 36.3 Å². The smallest absolute Gasteiger partial charge is 0.381 e. The largest absolute Gasteiger partial charge is 0.416 e. The highest BCUT2D eigenvalue weighted by molar-refractivity contribution is 8.00. The van der Waals surface area contributed by atoms with Gasteiger partial charge in [-0.3, -0.25) is 4.99 Å². The van der Waals surface area contributed by atoms with Crippen molar-refractivity contribution in [1.29, 1.82) is 0 Å². The van der Waals surface area contributed by atoms with Crippen molar-refractivity contribution >= 4 is 17.7 Å². The number of benzene rings is 1. The Morgan fingerprint density at radius 3 is 2.38 bits per heavy atom. The topological polar surface area (TPSA) is 45.7 Å². The fraction of sp³-hybridized carbons (Fsp3) is 0.611. The normalized spacial score (nSPS) is 17.8. The number of aliphatic imine (C=N–C) groups is 1. The summed E-state index contributed by atoms with van der Waals surface area (Å²) in [6, 6.07) is 5.16. The van der Waals surface area contributed by atoms with E-state index in [1.807, 2.05) is 11.8 Å². The van der Waals surface area contributed by atoms with E-state index in [0.717, 1.165) is 56.0 Å². The summed E-state index contributed by atoms with van der Waals surface area (Å²) in [7, 11) is 1.69. The van der Waals surface area contributed by atoms with E-state index < -0.39 is 11.7 Å². The molecule has 8 heteroatoms. The molecule has 1 saturated heterocycles. The third-order valence-corrected chi connectivity index (χ3v) is 5.85. The first kappa shape index (κ1) is 20.9. The molecular formula is C18H26F3N3OS. The lowest BCUT2D eigenvalue weighted by atomic mass is 9.99. The molecule has 1 aliphatic heterocycles. The lowest BCUT2D eigenvalue weighted by molar-refractivity contribution is -0.137. The van der Waals surface area contributed by atoms with Gasteiger partial charge in [-0.25, -0.2) is 0 Å². The molecule has 4 nitrogen and oxygen atoms in total. The molecule has 26 heavy (non-hydrogen) atoms. The maximum atomic E-state index is 12.6. The number of guanidine groups is 1. The second-order valence-corrected chi connectivity index (χ2v) is 7.93. The van der Waals surface area contributed by atoms with Crippen LogP contribution in [-0.2, 0) is 17.5 Å². The van der Waals surface area contributed by atoms with Gasteiger partial charge in [0, 0.05) is 38.1 Å².